The van der Waals surface area contributed by atoms with E-state index < -0.39 is 11.7 Å². The molecule has 1 saturated heterocycles. The molecule has 3 heterocycles. The van der Waals surface area contributed by atoms with Gasteiger partial charge in [-0.15, -0.1) is 10.2 Å². The Balaban J connectivity index is 1.30. The zero-order valence-corrected chi connectivity index (χ0v) is 21.9. The maximum atomic E-state index is 13.3. The van der Waals surface area contributed by atoms with Gasteiger partial charge in [-0.1, -0.05) is 0 Å². The average Bonchev–Trinajstić information content (AvgIpc) is 3.67. The van der Waals surface area contributed by atoms with E-state index in [2.05, 4.69) is 20.4 Å². The number of carbonyl (C=O) groups is 1. The molecule has 0 aliphatic carbocycles. The molecule has 1 aliphatic rings. The smallest absolute Gasteiger partial charge is 0.416 e. The highest BCUT2D eigenvalue weighted by molar-refractivity contribution is 5.93. The first-order valence-electron chi connectivity index (χ1n) is 12.4. The van der Waals surface area contributed by atoms with Crippen LogP contribution in [0.25, 0.3) is 22.7 Å². The highest BCUT2D eigenvalue weighted by atomic mass is 19.4. The number of hydrogen-bond acceptors (Lipinski definition) is 8. The second kappa shape index (κ2) is 10.9. The maximum Gasteiger partial charge on any atom is 0.416 e. The van der Waals surface area contributed by atoms with Gasteiger partial charge >= 0.3 is 6.18 Å². The molecule has 2 aromatic heterocycles. The van der Waals surface area contributed by atoms with Crippen LogP contribution in [0.2, 0.25) is 0 Å². The molecule has 1 amide bonds. The topological polar surface area (TPSA) is 116 Å². The number of alkyl halides is 3. The van der Waals surface area contributed by atoms with Gasteiger partial charge in [0.25, 0.3) is 5.91 Å². The van der Waals surface area contributed by atoms with Gasteiger partial charge in [0.15, 0.2) is 11.5 Å². The Labute approximate surface area is 227 Å². The monoisotopic (exact) mass is 557 g/mol. The van der Waals surface area contributed by atoms with Gasteiger partial charge in [0.05, 0.1) is 38.5 Å². The van der Waals surface area contributed by atoms with E-state index in [-0.39, 0.29) is 17.7 Å². The number of ether oxygens (including phenoxy) is 3. The number of aromatic nitrogens is 4. The van der Waals surface area contributed by atoms with Crippen molar-refractivity contribution >= 4 is 5.91 Å². The van der Waals surface area contributed by atoms with E-state index in [1.54, 1.807) is 23.1 Å². The number of methoxy groups -OCH3 is 3. The number of H-pyrrole nitrogens is 1. The third kappa shape index (κ3) is 5.31. The minimum atomic E-state index is -4.43. The van der Waals surface area contributed by atoms with E-state index in [0.717, 1.165) is 18.6 Å². The lowest BCUT2D eigenvalue weighted by atomic mass is 9.97. The summed E-state index contributed by atoms with van der Waals surface area (Å²) >= 11 is 0. The molecule has 1 N–H and O–H groups in total. The summed E-state index contributed by atoms with van der Waals surface area (Å²) in [6.07, 6.45) is -3.00. The molecular weight excluding hydrogens is 531 g/mol. The molecule has 0 saturated carbocycles. The summed E-state index contributed by atoms with van der Waals surface area (Å²) in [5, 5.41) is 15.2. The molecule has 1 atom stereocenters. The fourth-order valence-electron chi connectivity index (χ4n) is 4.66. The van der Waals surface area contributed by atoms with E-state index in [4.69, 9.17) is 18.6 Å². The number of hydrogen-bond donors (Lipinski definition) is 1. The number of rotatable bonds is 7. The molecule has 1 aliphatic heterocycles. The molecule has 5 rings (SSSR count). The number of halogens is 3. The normalized spacial score (nSPS) is 15.7. The lowest BCUT2D eigenvalue weighted by Crippen LogP contribution is -2.39. The van der Waals surface area contributed by atoms with Gasteiger partial charge in [-0.3, -0.25) is 9.89 Å². The predicted molar refractivity (Wildman–Crippen MR) is 136 cm³/mol. The minimum Gasteiger partial charge on any atom is -0.493 e. The van der Waals surface area contributed by atoms with Crippen LogP contribution in [0.15, 0.2) is 46.9 Å². The van der Waals surface area contributed by atoms with Gasteiger partial charge in [0, 0.05) is 24.2 Å². The molecule has 1 fully saturated rings. The zero-order chi connectivity index (χ0) is 28.4. The molecule has 1 unspecified atom stereocenters. The number of amides is 1. The second-order valence-electron chi connectivity index (χ2n) is 9.19. The highest BCUT2D eigenvalue weighted by Crippen LogP contribution is 2.41. The summed E-state index contributed by atoms with van der Waals surface area (Å²) in [5.74, 6) is 1.36. The number of benzene rings is 2. The lowest BCUT2D eigenvalue weighted by molar-refractivity contribution is -0.137. The van der Waals surface area contributed by atoms with Gasteiger partial charge in [-0.25, -0.2) is 0 Å². The van der Waals surface area contributed by atoms with Crippen LogP contribution in [0.1, 0.15) is 40.7 Å². The molecule has 210 valence electrons. The zero-order valence-electron chi connectivity index (χ0n) is 21.9. The van der Waals surface area contributed by atoms with Gasteiger partial charge in [0.2, 0.25) is 17.5 Å². The molecule has 4 aromatic rings. The molecule has 13 heteroatoms. The summed E-state index contributed by atoms with van der Waals surface area (Å²) < 4.78 is 60.6. The molecule has 40 heavy (non-hydrogen) atoms. The van der Waals surface area contributed by atoms with Crippen molar-refractivity contribution in [1.82, 2.24) is 25.3 Å². The van der Waals surface area contributed by atoms with E-state index in [0.29, 0.717) is 65.2 Å². The van der Waals surface area contributed by atoms with Crippen LogP contribution in [-0.4, -0.2) is 65.6 Å². The van der Waals surface area contributed by atoms with Crippen LogP contribution in [0.5, 0.6) is 17.2 Å². The molecule has 0 bridgehead atoms. The molecular formula is C27H26F3N5O5. The fraction of sp³-hybridized carbons (Fsp3) is 0.333. The lowest BCUT2D eigenvalue weighted by Gasteiger charge is -2.30. The van der Waals surface area contributed by atoms with Crippen molar-refractivity contribution in [2.75, 3.05) is 34.4 Å². The minimum absolute atomic E-state index is 0.121. The van der Waals surface area contributed by atoms with Crippen molar-refractivity contribution in [3.63, 3.8) is 0 Å². The van der Waals surface area contributed by atoms with Crippen LogP contribution < -0.4 is 14.2 Å². The number of carbonyl (C=O) groups excluding carboxylic acids is 1. The molecule has 0 radical (unpaired) electrons. The second-order valence-corrected chi connectivity index (χ2v) is 9.19. The quantitative estimate of drug-likeness (QED) is 0.330. The van der Waals surface area contributed by atoms with Gasteiger partial charge in [0.1, 0.15) is 5.69 Å². The van der Waals surface area contributed by atoms with E-state index in [1.165, 1.54) is 33.5 Å². The van der Waals surface area contributed by atoms with Crippen molar-refractivity contribution in [2.24, 2.45) is 0 Å². The Morgan fingerprint density at radius 3 is 2.33 bits per heavy atom. The van der Waals surface area contributed by atoms with Crippen LogP contribution in [-0.2, 0) is 6.18 Å². The number of likely N-dealkylation sites (tertiary alicyclic amines) is 1. The Hall–Kier alpha value is -4.55. The van der Waals surface area contributed by atoms with E-state index in [9.17, 15) is 18.0 Å². The Morgan fingerprint density at radius 1 is 1.00 bits per heavy atom. The van der Waals surface area contributed by atoms with Crippen LogP contribution in [0, 0.1) is 0 Å². The summed E-state index contributed by atoms with van der Waals surface area (Å²) in [6.45, 7) is 0.875. The van der Waals surface area contributed by atoms with Crippen molar-refractivity contribution in [1.29, 1.82) is 0 Å². The number of aromatic amines is 1. The number of piperidine rings is 1. The summed E-state index contributed by atoms with van der Waals surface area (Å²) in [4.78, 5) is 15.0. The number of nitrogens with one attached hydrogen (secondary N) is 1. The van der Waals surface area contributed by atoms with Crippen LogP contribution in [0.4, 0.5) is 13.2 Å². The maximum absolute atomic E-state index is 13.3. The first-order chi connectivity index (χ1) is 19.2. The summed E-state index contributed by atoms with van der Waals surface area (Å²) in [6, 6.07) is 9.66. The van der Waals surface area contributed by atoms with Crippen molar-refractivity contribution in [3.8, 4) is 40.0 Å². The Morgan fingerprint density at radius 2 is 1.70 bits per heavy atom. The van der Waals surface area contributed by atoms with Crippen molar-refractivity contribution in [3.05, 3.63) is 59.6 Å². The van der Waals surface area contributed by atoms with Gasteiger partial charge in [-0.05, 0) is 55.3 Å². The Kier molecular flexibility index (Phi) is 7.37. The first-order valence-corrected chi connectivity index (χ1v) is 12.4. The van der Waals surface area contributed by atoms with Crippen LogP contribution in [0.3, 0.4) is 0 Å². The third-order valence-corrected chi connectivity index (χ3v) is 6.73. The third-order valence-electron chi connectivity index (χ3n) is 6.73. The first kappa shape index (κ1) is 27.0. The molecule has 2 aromatic carbocycles. The molecule has 0 spiro atoms. The van der Waals surface area contributed by atoms with E-state index >= 15 is 0 Å². The average molecular weight is 558 g/mol. The molecule has 10 nitrogen and oxygen atoms in total. The predicted octanol–water partition coefficient (Wildman–Crippen LogP) is 5.19. The van der Waals surface area contributed by atoms with E-state index in [1.807, 2.05) is 0 Å². The van der Waals surface area contributed by atoms with Gasteiger partial charge < -0.3 is 23.5 Å². The summed E-state index contributed by atoms with van der Waals surface area (Å²) in [5.41, 5.74) is 1.12. The fourth-order valence-corrected chi connectivity index (χ4v) is 4.66. The Bertz CT molecular complexity index is 1470. The standard InChI is InChI=1S/C27H26F3N5O5/c1-37-21-11-17(12-22(38-2)23(21)39-3)19-13-20(32-31-19)26(36)35-10-4-5-16(14-35)25-34-33-24(40-25)15-6-8-18(9-7-15)27(28,29)30/h6-9,11-13,16H,4-5,10,14H2,1-3H3,(H,31,32). The largest absolute Gasteiger partial charge is 0.493 e. The van der Waals surface area contributed by atoms with Crippen LogP contribution >= 0.6 is 0 Å². The van der Waals surface area contributed by atoms with Gasteiger partial charge in [-0.2, -0.15) is 18.3 Å². The van der Waals surface area contributed by atoms with Crippen molar-refractivity contribution in [2.45, 2.75) is 24.9 Å². The number of nitrogens with zero attached hydrogens (tertiary/aromatic N) is 4. The summed E-state index contributed by atoms with van der Waals surface area (Å²) in [7, 11) is 4.55. The highest BCUT2D eigenvalue weighted by Gasteiger charge is 2.32. The van der Waals surface area contributed by atoms with Crippen molar-refractivity contribution < 1.29 is 36.6 Å². The SMILES string of the molecule is COc1cc(-c2cc(C(=O)N3CCCC(c4nnc(-c5ccc(C(F)(F)F)cc5)o4)C3)[nH]n2)cc(OC)c1OC.